The lowest BCUT2D eigenvalue weighted by Crippen LogP contribution is -2.41. The van der Waals surface area contributed by atoms with Gasteiger partial charge in [0, 0.05) is 12.1 Å². The van der Waals surface area contributed by atoms with Crippen LogP contribution in [-0.4, -0.2) is 13.1 Å². The molecule has 20 heavy (non-hydrogen) atoms. The first-order chi connectivity index (χ1) is 9.35. The molecule has 0 N–H and O–H groups in total. The molecule has 0 saturated heterocycles. The number of hydrogen-bond donors (Lipinski definition) is 0. The van der Waals surface area contributed by atoms with E-state index in [1.807, 2.05) is 51.6 Å². The monoisotopic (exact) mass is 270 g/mol. The SMILES string of the molecule is C[B-]1(C)Oc2ccc3c4c(ccc(c24)=[O+]1)O[B-](C)(C)[O+]=3. The van der Waals surface area contributed by atoms with E-state index < -0.39 is 13.1 Å². The van der Waals surface area contributed by atoms with Crippen molar-refractivity contribution in [2.24, 2.45) is 0 Å². The fourth-order valence-electron chi connectivity index (χ4n) is 3.04. The Morgan fingerprint density at radius 2 is 1.10 bits per heavy atom. The molecule has 0 saturated carbocycles. The van der Waals surface area contributed by atoms with E-state index in [1.54, 1.807) is 0 Å². The Morgan fingerprint density at radius 3 is 1.50 bits per heavy atom. The summed E-state index contributed by atoms with van der Waals surface area (Å²) < 4.78 is 23.8. The first kappa shape index (κ1) is 11.8. The van der Waals surface area contributed by atoms with Gasteiger partial charge in [0.2, 0.25) is 0 Å². The molecule has 102 valence electrons. The minimum absolute atomic E-state index is 0.830. The van der Waals surface area contributed by atoms with Crippen molar-refractivity contribution in [3.63, 3.8) is 0 Å². The van der Waals surface area contributed by atoms with Crippen molar-refractivity contribution >= 4 is 23.9 Å². The largest absolute Gasteiger partial charge is 0.634 e. The van der Waals surface area contributed by atoms with E-state index in [-0.39, 0.29) is 0 Å². The van der Waals surface area contributed by atoms with Crippen molar-refractivity contribution in [3.8, 4) is 11.5 Å². The Labute approximate surface area is 116 Å². The van der Waals surface area contributed by atoms with Crippen molar-refractivity contribution in [2.45, 2.75) is 27.3 Å². The molecule has 0 aliphatic carbocycles. The first-order valence-corrected chi connectivity index (χ1v) is 7.14. The minimum atomic E-state index is -1.34. The van der Waals surface area contributed by atoms with Crippen LogP contribution in [0.3, 0.4) is 0 Å². The molecule has 0 aromatic heterocycles. The standard InChI is InChI=1S/C14H16B2O4/c1-15(2)17-9-5-7-11-14-12(20-16(3,4)19-11)8-6-10(18-15)13(9)14/h5-8H,1-4H3. The molecule has 0 amide bonds. The Balaban J connectivity index is 2.23. The quantitative estimate of drug-likeness (QED) is 0.544. The highest BCUT2D eigenvalue weighted by atomic mass is 16.6. The van der Waals surface area contributed by atoms with E-state index in [2.05, 4.69) is 0 Å². The van der Waals surface area contributed by atoms with E-state index in [1.165, 1.54) is 0 Å². The van der Waals surface area contributed by atoms with Gasteiger partial charge in [-0.1, -0.05) is 0 Å². The predicted octanol–water partition coefficient (Wildman–Crippen LogP) is 2.26. The van der Waals surface area contributed by atoms with Gasteiger partial charge >= 0.3 is 13.1 Å². The van der Waals surface area contributed by atoms with Gasteiger partial charge in [0.05, 0.1) is 11.5 Å². The van der Waals surface area contributed by atoms with Crippen LogP contribution < -0.4 is 20.2 Å². The first-order valence-electron chi connectivity index (χ1n) is 7.14. The molecule has 0 unspecified atom stereocenters. The summed E-state index contributed by atoms with van der Waals surface area (Å²) in [7, 11) is 0. The minimum Gasteiger partial charge on any atom is -0.634 e. The number of rotatable bonds is 0. The molecule has 0 spiro atoms. The third kappa shape index (κ3) is 1.57. The summed E-state index contributed by atoms with van der Waals surface area (Å²) >= 11 is 0. The van der Waals surface area contributed by atoms with Crippen LogP contribution in [-0.2, 0) is 0 Å². The van der Waals surface area contributed by atoms with Gasteiger partial charge in [-0.3, -0.25) is 0 Å². The van der Waals surface area contributed by atoms with E-state index in [9.17, 15) is 0 Å². The molecule has 4 rings (SSSR count). The topological polar surface area (TPSA) is 41.1 Å². The Bertz CT molecular complexity index is 798. The second-order valence-corrected chi connectivity index (χ2v) is 6.58. The average Bonchev–Trinajstić information content (AvgIpc) is 2.32. The Kier molecular flexibility index (Phi) is 1.99. The smallest absolute Gasteiger partial charge is 0.584 e. The molecular weight excluding hydrogens is 254 g/mol. The van der Waals surface area contributed by atoms with Crippen molar-refractivity contribution in [1.29, 1.82) is 0 Å². The lowest BCUT2D eigenvalue weighted by Gasteiger charge is -2.28. The third-order valence-corrected chi connectivity index (χ3v) is 3.65. The van der Waals surface area contributed by atoms with Gasteiger partial charge in [-0.05, 0) is 39.4 Å². The maximum Gasteiger partial charge on any atom is 0.584 e. The summed E-state index contributed by atoms with van der Waals surface area (Å²) in [4.78, 5) is 0. The van der Waals surface area contributed by atoms with E-state index in [0.29, 0.717) is 0 Å². The van der Waals surface area contributed by atoms with Gasteiger partial charge in [0.1, 0.15) is 10.8 Å². The normalized spacial score (nSPS) is 20.4. The Hall–Kier alpha value is -1.97. The fraction of sp³-hybridized carbons (Fsp3) is 0.286. The molecule has 0 fully saturated rings. The molecule has 2 aromatic rings. The summed E-state index contributed by atoms with van der Waals surface area (Å²) in [6, 6.07) is 7.81. The molecule has 2 aliphatic rings. The van der Waals surface area contributed by atoms with Crippen LogP contribution in [0.25, 0.3) is 10.8 Å². The lowest BCUT2D eigenvalue weighted by molar-refractivity contribution is 0.553. The molecule has 6 heteroatoms. The summed E-state index contributed by atoms with van der Waals surface area (Å²) in [5.74, 6) is 1.66. The Morgan fingerprint density at radius 1 is 0.700 bits per heavy atom. The highest BCUT2D eigenvalue weighted by Gasteiger charge is 2.39. The van der Waals surface area contributed by atoms with E-state index >= 15 is 0 Å². The molecule has 4 nitrogen and oxygen atoms in total. The molecular formula is C14H16B2O4. The summed E-state index contributed by atoms with van der Waals surface area (Å²) in [6.45, 7) is 5.17. The summed E-state index contributed by atoms with van der Waals surface area (Å²) in [5.41, 5.74) is 1.66. The maximum absolute atomic E-state index is 5.96. The van der Waals surface area contributed by atoms with Gasteiger partial charge < -0.3 is 18.0 Å². The molecule has 2 heterocycles. The number of hydrogen-bond acceptors (Lipinski definition) is 2. The fourth-order valence-corrected chi connectivity index (χ4v) is 3.04. The highest BCUT2D eigenvalue weighted by Crippen LogP contribution is 2.33. The van der Waals surface area contributed by atoms with Gasteiger partial charge in [-0.2, -0.15) is 0 Å². The summed E-state index contributed by atoms with van der Waals surface area (Å²) in [6.07, 6.45) is 0. The van der Waals surface area contributed by atoms with Gasteiger partial charge in [0.15, 0.2) is 0 Å². The molecule has 0 bridgehead atoms. The molecule has 0 atom stereocenters. The molecule has 0 radical (unpaired) electrons. The van der Waals surface area contributed by atoms with Crippen molar-refractivity contribution in [1.82, 2.24) is 0 Å². The van der Waals surface area contributed by atoms with Crippen molar-refractivity contribution < 1.29 is 9.31 Å². The summed E-state index contributed by atoms with van der Waals surface area (Å²) in [5, 5.41) is 1.88. The van der Waals surface area contributed by atoms with Crippen LogP contribution in [0.2, 0.25) is 27.3 Å². The average molecular weight is 270 g/mol. The van der Waals surface area contributed by atoms with Crippen LogP contribution in [0.4, 0.5) is 0 Å². The van der Waals surface area contributed by atoms with E-state index in [0.717, 1.165) is 33.1 Å². The zero-order valence-corrected chi connectivity index (χ0v) is 12.1. The number of benzene rings is 2. The highest BCUT2D eigenvalue weighted by molar-refractivity contribution is 6.75. The predicted molar refractivity (Wildman–Crippen MR) is 83.9 cm³/mol. The van der Waals surface area contributed by atoms with Gasteiger partial charge in [0.25, 0.3) is 10.9 Å². The second kappa shape index (κ2) is 3.37. The van der Waals surface area contributed by atoms with Crippen LogP contribution >= 0.6 is 0 Å². The third-order valence-electron chi connectivity index (χ3n) is 3.65. The zero-order chi connectivity index (χ0) is 14.1. The van der Waals surface area contributed by atoms with Crippen molar-refractivity contribution in [2.75, 3.05) is 0 Å². The van der Waals surface area contributed by atoms with Crippen LogP contribution in [0.1, 0.15) is 0 Å². The van der Waals surface area contributed by atoms with E-state index in [4.69, 9.17) is 18.0 Å². The lowest BCUT2D eigenvalue weighted by atomic mass is 9.62. The van der Waals surface area contributed by atoms with Crippen LogP contribution in [0, 0.1) is 0 Å². The second-order valence-electron chi connectivity index (χ2n) is 6.58. The van der Waals surface area contributed by atoms with Crippen LogP contribution in [0.5, 0.6) is 11.5 Å². The van der Waals surface area contributed by atoms with Crippen molar-refractivity contribution in [3.05, 3.63) is 43.8 Å². The molecule has 2 aromatic carbocycles. The zero-order valence-electron chi connectivity index (χ0n) is 12.1. The van der Waals surface area contributed by atoms with Crippen LogP contribution in [0.15, 0.2) is 33.0 Å². The maximum atomic E-state index is 5.96. The van der Waals surface area contributed by atoms with Gasteiger partial charge in [-0.25, -0.2) is 0 Å². The van der Waals surface area contributed by atoms with Gasteiger partial charge in [-0.15, -0.1) is 0 Å². The molecule has 2 aliphatic heterocycles.